The van der Waals surface area contributed by atoms with Crippen LogP contribution in [0.1, 0.15) is 49.5 Å². The van der Waals surface area contributed by atoms with Gasteiger partial charge in [-0.2, -0.15) is 0 Å². The van der Waals surface area contributed by atoms with Gasteiger partial charge in [0, 0.05) is 23.7 Å². The first-order valence-corrected chi connectivity index (χ1v) is 13.2. The van der Waals surface area contributed by atoms with Crippen LogP contribution in [0.25, 0.3) is 10.2 Å². The third-order valence-corrected chi connectivity index (χ3v) is 7.61. The van der Waals surface area contributed by atoms with Gasteiger partial charge in [-0.3, -0.25) is 9.36 Å². The Bertz CT molecular complexity index is 964. The van der Waals surface area contributed by atoms with Crippen molar-refractivity contribution in [1.82, 2.24) is 14.3 Å². The summed E-state index contributed by atoms with van der Waals surface area (Å²) in [5.74, 6) is 0.547. The van der Waals surface area contributed by atoms with Gasteiger partial charge in [0.25, 0.3) is 5.56 Å². The van der Waals surface area contributed by atoms with Gasteiger partial charge in [-0.1, -0.05) is 37.9 Å². The van der Waals surface area contributed by atoms with E-state index < -0.39 is 10.0 Å². The average molecular weight is 430 g/mol. The number of hydrogen-bond acceptors (Lipinski definition) is 6. The number of aryl methyl sites for hydroxylation is 2. The van der Waals surface area contributed by atoms with Crippen molar-refractivity contribution in [2.45, 2.75) is 63.6 Å². The highest BCUT2D eigenvalue weighted by Crippen LogP contribution is 2.35. The van der Waals surface area contributed by atoms with E-state index in [1.807, 2.05) is 4.57 Å². The number of nitrogens with one attached hydrogen (secondary N) is 1. The lowest BCUT2D eigenvalue weighted by atomic mass is 10.2. The number of sulfonamides is 1. The number of thioether (sulfide) groups is 1. The predicted octanol–water partition coefficient (Wildman–Crippen LogP) is 3.17. The van der Waals surface area contributed by atoms with Crippen LogP contribution in [0.15, 0.2) is 9.95 Å². The highest BCUT2D eigenvalue weighted by Gasteiger charge is 2.23. The van der Waals surface area contributed by atoms with Crippen molar-refractivity contribution in [3.8, 4) is 0 Å². The average Bonchev–Trinajstić information content (AvgIpc) is 3.17. The molecule has 6 nitrogen and oxygen atoms in total. The van der Waals surface area contributed by atoms with Gasteiger partial charge < -0.3 is 0 Å². The fourth-order valence-corrected chi connectivity index (χ4v) is 6.22. The van der Waals surface area contributed by atoms with Gasteiger partial charge >= 0.3 is 0 Å². The van der Waals surface area contributed by atoms with E-state index in [0.717, 1.165) is 55.0 Å². The van der Waals surface area contributed by atoms with Crippen LogP contribution in [0.2, 0.25) is 0 Å². The summed E-state index contributed by atoms with van der Waals surface area (Å²) in [6.45, 7) is 3.17. The zero-order valence-corrected chi connectivity index (χ0v) is 18.4. The van der Waals surface area contributed by atoms with E-state index in [2.05, 4.69) is 11.6 Å². The summed E-state index contributed by atoms with van der Waals surface area (Å²) in [5.41, 5.74) is 1.29. The highest BCUT2D eigenvalue weighted by molar-refractivity contribution is 7.99. The summed E-state index contributed by atoms with van der Waals surface area (Å²) >= 11 is 3.10. The van der Waals surface area contributed by atoms with E-state index in [1.54, 1.807) is 11.3 Å². The Kier molecular flexibility index (Phi) is 6.99. The molecule has 0 saturated carbocycles. The Morgan fingerprint density at radius 1 is 1.26 bits per heavy atom. The van der Waals surface area contributed by atoms with Crippen molar-refractivity contribution >= 4 is 43.3 Å². The zero-order chi connectivity index (χ0) is 19.4. The second-order valence-corrected chi connectivity index (χ2v) is 10.9. The SMILES string of the molecule is CCCCCCn1c(SCCNS(C)(=O)=O)nc2sc3c(c2c1=O)CCC3. The summed E-state index contributed by atoms with van der Waals surface area (Å²) in [4.78, 5) is 20.2. The predicted molar refractivity (Wildman–Crippen MR) is 114 cm³/mol. The third kappa shape index (κ3) is 5.13. The summed E-state index contributed by atoms with van der Waals surface area (Å²) in [7, 11) is -3.20. The first kappa shape index (κ1) is 20.8. The normalized spacial score (nSPS) is 14.1. The van der Waals surface area contributed by atoms with Gasteiger partial charge in [0.15, 0.2) is 5.16 Å². The van der Waals surface area contributed by atoms with Crippen LogP contribution in [0.5, 0.6) is 0 Å². The number of unbranched alkanes of at least 4 members (excludes halogenated alkanes) is 3. The zero-order valence-electron chi connectivity index (χ0n) is 15.9. The van der Waals surface area contributed by atoms with Crippen molar-refractivity contribution < 1.29 is 8.42 Å². The minimum atomic E-state index is -3.20. The Balaban J connectivity index is 1.86. The highest BCUT2D eigenvalue weighted by atomic mass is 32.2. The molecule has 0 spiro atoms. The van der Waals surface area contributed by atoms with Gasteiger partial charge in [0.05, 0.1) is 11.6 Å². The molecule has 1 aliphatic carbocycles. The molecule has 9 heteroatoms. The lowest BCUT2D eigenvalue weighted by molar-refractivity contribution is 0.531. The minimum absolute atomic E-state index is 0.0782. The number of thiophene rings is 1. The molecule has 0 aliphatic heterocycles. The molecule has 2 heterocycles. The maximum atomic E-state index is 13.2. The largest absolute Gasteiger partial charge is 0.287 e. The molecule has 1 aliphatic rings. The van der Waals surface area contributed by atoms with Gasteiger partial charge in [-0.05, 0) is 31.2 Å². The van der Waals surface area contributed by atoms with Gasteiger partial charge in [-0.15, -0.1) is 11.3 Å². The van der Waals surface area contributed by atoms with E-state index in [-0.39, 0.29) is 5.56 Å². The second-order valence-electron chi connectivity index (χ2n) is 6.96. The van der Waals surface area contributed by atoms with Crippen molar-refractivity contribution in [2.24, 2.45) is 0 Å². The van der Waals surface area contributed by atoms with Crippen LogP contribution in [-0.4, -0.2) is 36.5 Å². The Morgan fingerprint density at radius 3 is 2.81 bits per heavy atom. The van der Waals surface area contributed by atoms with E-state index in [9.17, 15) is 13.2 Å². The van der Waals surface area contributed by atoms with Crippen LogP contribution in [0.3, 0.4) is 0 Å². The summed E-state index contributed by atoms with van der Waals surface area (Å²) in [6, 6.07) is 0. The topological polar surface area (TPSA) is 81.1 Å². The molecule has 2 aromatic rings. The molecule has 3 rings (SSSR count). The number of nitrogens with zero attached hydrogens (tertiary/aromatic N) is 2. The van der Waals surface area contributed by atoms with Crippen molar-refractivity contribution in [3.63, 3.8) is 0 Å². The van der Waals surface area contributed by atoms with E-state index in [4.69, 9.17) is 4.98 Å². The first-order chi connectivity index (χ1) is 12.9. The van der Waals surface area contributed by atoms with Crippen LogP contribution in [0, 0.1) is 0 Å². The smallest absolute Gasteiger partial charge is 0.263 e. The quantitative estimate of drug-likeness (QED) is 0.356. The number of fused-ring (bicyclic) bond motifs is 3. The minimum Gasteiger partial charge on any atom is -0.287 e. The number of hydrogen-bond donors (Lipinski definition) is 1. The molecule has 2 aromatic heterocycles. The standard InChI is InChI=1S/C18H27N3O3S3/c1-3-4-5-6-11-21-17(22)15-13-8-7-9-14(13)26-16(15)20-18(21)25-12-10-19-27(2,23)24/h19H,3-12H2,1-2H3. The molecule has 0 atom stereocenters. The fraction of sp³-hybridized carbons (Fsp3) is 0.667. The molecule has 0 saturated heterocycles. The molecule has 27 heavy (non-hydrogen) atoms. The maximum absolute atomic E-state index is 13.2. The fourth-order valence-electron chi connectivity index (χ4n) is 3.43. The maximum Gasteiger partial charge on any atom is 0.263 e. The Morgan fingerprint density at radius 2 is 2.07 bits per heavy atom. The van der Waals surface area contributed by atoms with Crippen LogP contribution < -0.4 is 10.3 Å². The summed E-state index contributed by atoms with van der Waals surface area (Å²) < 4.78 is 26.8. The van der Waals surface area contributed by atoms with E-state index in [0.29, 0.717) is 24.0 Å². The molecule has 0 unspecified atom stereocenters. The van der Waals surface area contributed by atoms with Gasteiger partial charge in [-0.25, -0.2) is 18.1 Å². The van der Waals surface area contributed by atoms with Crippen molar-refractivity contribution in [1.29, 1.82) is 0 Å². The molecule has 0 amide bonds. The molecule has 1 N–H and O–H groups in total. The molecule has 0 bridgehead atoms. The molecular formula is C18H27N3O3S3. The molecule has 150 valence electrons. The van der Waals surface area contributed by atoms with E-state index >= 15 is 0 Å². The molecule has 0 fully saturated rings. The summed E-state index contributed by atoms with van der Waals surface area (Å²) in [6.07, 6.45) is 8.69. The van der Waals surface area contributed by atoms with Crippen LogP contribution in [-0.2, 0) is 29.4 Å². The van der Waals surface area contributed by atoms with Crippen LogP contribution in [0.4, 0.5) is 0 Å². The molecule has 0 radical (unpaired) electrons. The lowest BCUT2D eigenvalue weighted by Gasteiger charge is -2.12. The second kappa shape index (κ2) is 9.07. The van der Waals surface area contributed by atoms with Crippen LogP contribution >= 0.6 is 23.1 Å². The van der Waals surface area contributed by atoms with Gasteiger partial charge in [0.1, 0.15) is 4.83 Å². The lowest BCUT2D eigenvalue weighted by Crippen LogP contribution is -2.26. The van der Waals surface area contributed by atoms with Crippen molar-refractivity contribution in [3.05, 3.63) is 20.8 Å². The van der Waals surface area contributed by atoms with E-state index in [1.165, 1.54) is 28.6 Å². The Labute approximate surface area is 168 Å². The van der Waals surface area contributed by atoms with Crippen molar-refractivity contribution in [2.75, 3.05) is 18.6 Å². The van der Waals surface area contributed by atoms with Gasteiger partial charge in [0.2, 0.25) is 10.0 Å². The third-order valence-electron chi connectivity index (χ3n) is 4.72. The molecular weight excluding hydrogens is 402 g/mol. The summed E-state index contributed by atoms with van der Waals surface area (Å²) in [5, 5.41) is 1.53. The molecule has 0 aromatic carbocycles. The first-order valence-electron chi connectivity index (χ1n) is 9.53. The monoisotopic (exact) mass is 429 g/mol. The number of aromatic nitrogens is 2. The Hall–Kier alpha value is -0.900. The number of rotatable bonds is 10.